The molecule has 0 N–H and O–H groups in total. The molecular weight excluding hydrogens is 218 g/mol. The molecule has 0 saturated carbocycles. The molecule has 0 aliphatic heterocycles. The van der Waals surface area contributed by atoms with E-state index in [0.29, 0.717) is 11.5 Å². The van der Waals surface area contributed by atoms with E-state index in [1.54, 1.807) is 24.4 Å². The molecule has 0 aliphatic carbocycles. The fourth-order valence-electron chi connectivity index (χ4n) is 1.32. The van der Waals surface area contributed by atoms with Crippen LogP contribution < -0.4 is 10.4 Å². The third kappa shape index (κ3) is 3.04. The van der Waals surface area contributed by atoms with E-state index in [1.165, 1.54) is 13.2 Å². The molecule has 2 aromatic rings. The van der Waals surface area contributed by atoms with Gasteiger partial charge in [-0.15, -0.1) is 0 Å². The Morgan fingerprint density at radius 1 is 1.29 bits per heavy atom. The number of hydrogen-bond acceptors (Lipinski definition) is 4. The van der Waals surface area contributed by atoms with Crippen LogP contribution in [-0.2, 0) is 0 Å². The van der Waals surface area contributed by atoms with Crippen molar-refractivity contribution in [2.24, 2.45) is 0 Å². The zero-order chi connectivity index (χ0) is 12.1. The van der Waals surface area contributed by atoms with Gasteiger partial charge in [0.15, 0.2) is 0 Å². The maximum Gasteiger partial charge on any atom is 0.339 e. The Morgan fingerprint density at radius 2 is 2.18 bits per heavy atom. The van der Waals surface area contributed by atoms with Crippen molar-refractivity contribution in [2.45, 2.75) is 0 Å². The Bertz CT molecular complexity index is 573. The maximum absolute atomic E-state index is 11.2. The first kappa shape index (κ1) is 11.1. The third-order valence-electron chi connectivity index (χ3n) is 2.10. The Balaban J connectivity index is 2.27. The Labute approximate surface area is 98.2 Å². The molecule has 0 atom stereocenters. The molecule has 0 saturated heterocycles. The van der Waals surface area contributed by atoms with Crippen molar-refractivity contribution in [2.75, 3.05) is 7.11 Å². The zero-order valence-corrected chi connectivity index (χ0v) is 9.29. The molecule has 17 heavy (non-hydrogen) atoms. The summed E-state index contributed by atoms with van der Waals surface area (Å²) in [7, 11) is 1.50. The van der Waals surface area contributed by atoms with Crippen LogP contribution in [-0.4, -0.2) is 12.1 Å². The first-order valence-corrected chi connectivity index (χ1v) is 5.06. The van der Waals surface area contributed by atoms with Crippen LogP contribution >= 0.6 is 0 Å². The molecule has 0 fully saturated rings. The van der Waals surface area contributed by atoms with Gasteiger partial charge in [-0.3, -0.25) is 4.98 Å². The molecule has 2 heterocycles. The first-order valence-electron chi connectivity index (χ1n) is 5.06. The highest BCUT2D eigenvalue weighted by atomic mass is 16.5. The monoisotopic (exact) mass is 229 g/mol. The van der Waals surface area contributed by atoms with Crippen LogP contribution in [0.2, 0.25) is 0 Å². The van der Waals surface area contributed by atoms with Gasteiger partial charge in [0.25, 0.3) is 0 Å². The highest BCUT2D eigenvalue weighted by Crippen LogP contribution is 2.11. The number of hydrogen-bond donors (Lipinski definition) is 0. The van der Waals surface area contributed by atoms with E-state index in [9.17, 15) is 4.79 Å². The second-order valence-electron chi connectivity index (χ2n) is 3.31. The first-order chi connectivity index (χ1) is 8.28. The Kier molecular flexibility index (Phi) is 3.35. The van der Waals surface area contributed by atoms with E-state index < -0.39 is 5.63 Å². The van der Waals surface area contributed by atoms with Crippen LogP contribution in [0, 0.1) is 0 Å². The van der Waals surface area contributed by atoms with Crippen LogP contribution in [0.25, 0.3) is 12.2 Å². The molecule has 0 aromatic carbocycles. The lowest BCUT2D eigenvalue weighted by molar-refractivity contribution is 0.400. The normalized spacial score (nSPS) is 10.6. The van der Waals surface area contributed by atoms with Crippen LogP contribution in [0.15, 0.2) is 45.7 Å². The van der Waals surface area contributed by atoms with Crippen LogP contribution in [0.3, 0.4) is 0 Å². The van der Waals surface area contributed by atoms with Crippen molar-refractivity contribution in [3.8, 4) is 5.75 Å². The van der Waals surface area contributed by atoms with Crippen molar-refractivity contribution in [3.63, 3.8) is 0 Å². The standard InChI is InChI=1S/C13H11NO3/c1-16-12-8-11(17-13(15)9-12)6-5-10-4-2-3-7-14-10/h2-9H,1H3. The van der Waals surface area contributed by atoms with Crippen LogP contribution in [0.5, 0.6) is 5.75 Å². The predicted octanol–water partition coefficient (Wildman–Crippen LogP) is 2.21. The summed E-state index contributed by atoms with van der Waals surface area (Å²) in [4.78, 5) is 15.3. The lowest BCUT2D eigenvalue weighted by Gasteiger charge is -1.98. The number of nitrogens with zero attached hydrogens (tertiary/aromatic N) is 1. The smallest absolute Gasteiger partial charge is 0.339 e. The largest absolute Gasteiger partial charge is 0.496 e. The molecule has 0 bridgehead atoms. The fraction of sp³-hybridized carbons (Fsp3) is 0.0769. The second kappa shape index (κ2) is 5.12. The topological polar surface area (TPSA) is 52.3 Å². The molecule has 0 radical (unpaired) electrons. The molecule has 86 valence electrons. The maximum atomic E-state index is 11.2. The van der Waals surface area contributed by atoms with E-state index in [2.05, 4.69) is 4.98 Å². The van der Waals surface area contributed by atoms with Gasteiger partial charge in [-0.05, 0) is 24.3 Å². The molecule has 2 aromatic heterocycles. The van der Waals surface area contributed by atoms with Crippen molar-refractivity contribution >= 4 is 12.2 Å². The number of methoxy groups -OCH3 is 1. The van der Waals surface area contributed by atoms with E-state index in [0.717, 1.165) is 5.69 Å². The van der Waals surface area contributed by atoms with E-state index in [-0.39, 0.29) is 0 Å². The second-order valence-corrected chi connectivity index (χ2v) is 3.31. The van der Waals surface area contributed by atoms with Gasteiger partial charge in [0.1, 0.15) is 11.5 Å². The van der Waals surface area contributed by atoms with Gasteiger partial charge >= 0.3 is 5.63 Å². The SMILES string of the molecule is COc1cc(C=Cc2ccccn2)oc(=O)c1. The van der Waals surface area contributed by atoms with Crippen LogP contribution in [0.4, 0.5) is 0 Å². The highest BCUT2D eigenvalue weighted by molar-refractivity contribution is 5.65. The summed E-state index contributed by atoms with van der Waals surface area (Å²) < 4.78 is 9.97. The summed E-state index contributed by atoms with van der Waals surface area (Å²) in [6, 6.07) is 8.51. The van der Waals surface area contributed by atoms with Gasteiger partial charge in [0.2, 0.25) is 0 Å². The molecule has 2 rings (SSSR count). The molecular formula is C13H11NO3. The molecule has 4 nitrogen and oxygen atoms in total. The van der Waals surface area contributed by atoms with E-state index >= 15 is 0 Å². The van der Waals surface area contributed by atoms with Crippen molar-refractivity contribution in [1.29, 1.82) is 0 Å². The average Bonchev–Trinajstić information content (AvgIpc) is 2.37. The minimum Gasteiger partial charge on any atom is -0.496 e. The lowest BCUT2D eigenvalue weighted by atomic mass is 10.3. The van der Waals surface area contributed by atoms with Gasteiger partial charge in [0, 0.05) is 12.3 Å². The summed E-state index contributed by atoms with van der Waals surface area (Å²) >= 11 is 0. The molecule has 0 aliphatic rings. The summed E-state index contributed by atoms with van der Waals surface area (Å²) in [5.41, 5.74) is 0.350. The Hall–Kier alpha value is -2.36. The number of pyridine rings is 1. The minimum absolute atomic E-state index is 0.431. The summed E-state index contributed by atoms with van der Waals surface area (Å²) in [5.74, 6) is 0.905. The Morgan fingerprint density at radius 3 is 2.88 bits per heavy atom. The molecule has 0 spiro atoms. The predicted molar refractivity (Wildman–Crippen MR) is 64.7 cm³/mol. The van der Waals surface area contributed by atoms with Gasteiger partial charge in [0.05, 0.1) is 18.9 Å². The molecule has 0 unspecified atom stereocenters. The van der Waals surface area contributed by atoms with E-state index in [1.807, 2.05) is 18.2 Å². The highest BCUT2D eigenvalue weighted by Gasteiger charge is 1.98. The molecule has 4 heteroatoms. The minimum atomic E-state index is -0.440. The lowest BCUT2D eigenvalue weighted by Crippen LogP contribution is -1.98. The quantitative estimate of drug-likeness (QED) is 0.809. The average molecular weight is 229 g/mol. The van der Waals surface area contributed by atoms with Gasteiger partial charge < -0.3 is 9.15 Å². The van der Waals surface area contributed by atoms with Crippen molar-refractivity contribution in [3.05, 3.63) is 58.4 Å². The van der Waals surface area contributed by atoms with Gasteiger partial charge in [-0.25, -0.2) is 4.79 Å². The zero-order valence-electron chi connectivity index (χ0n) is 9.29. The number of ether oxygens (including phenoxy) is 1. The van der Waals surface area contributed by atoms with Crippen LogP contribution in [0.1, 0.15) is 11.5 Å². The number of rotatable bonds is 3. The van der Waals surface area contributed by atoms with Crippen molar-refractivity contribution < 1.29 is 9.15 Å². The molecule has 0 amide bonds. The number of aromatic nitrogens is 1. The third-order valence-corrected chi connectivity index (χ3v) is 2.10. The summed E-state index contributed by atoms with van der Waals surface area (Å²) in [6.45, 7) is 0. The summed E-state index contributed by atoms with van der Waals surface area (Å²) in [5, 5.41) is 0. The summed E-state index contributed by atoms with van der Waals surface area (Å²) in [6.07, 6.45) is 5.13. The fourth-order valence-corrected chi connectivity index (χ4v) is 1.32. The van der Waals surface area contributed by atoms with Gasteiger partial charge in [-0.1, -0.05) is 6.07 Å². The van der Waals surface area contributed by atoms with Gasteiger partial charge in [-0.2, -0.15) is 0 Å². The van der Waals surface area contributed by atoms with Crippen molar-refractivity contribution in [1.82, 2.24) is 4.98 Å². The van der Waals surface area contributed by atoms with E-state index in [4.69, 9.17) is 9.15 Å².